The van der Waals surface area contributed by atoms with Crippen molar-refractivity contribution in [3.05, 3.63) is 29.3 Å². The Bertz CT molecular complexity index is 299. The van der Waals surface area contributed by atoms with Gasteiger partial charge in [0.2, 0.25) is 0 Å². The van der Waals surface area contributed by atoms with Gasteiger partial charge in [-0.15, -0.1) is 6.58 Å². The number of hydrogen-bond acceptors (Lipinski definition) is 3. The number of pyridine rings is 1. The van der Waals surface area contributed by atoms with E-state index in [0.29, 0.717) is 5.82 Å². The third-order valence-corrected chi connectivity index (χ3v) is 2.15. The van der Waals surface area contributed by atoms with Crippen molar-refractivity contribution in [2.24, 2.45) is 0 Å². The molecule has 0 saturated carbocycles. The molecule has 0 radical (unpaired) electrons. The number of anilines is 2. The number of rotatable bonds is 4. The number of nitrogens with zero attached hydrogens (tertiary/aromatic N) is 1. The SMILES string of the molecule is C=CCCNc1nc(N)ccc1Br. The summed E-state index contributed by atoms with van der Waals surface area (Å²) in [5.41, 5.74) is 5.54. The first-order chi connectivity index (χ1) is 6.24. The first-order valence-corrected chi connectivity index (χ1v) is 4.80. The van der Waals surface area contributed by atoms with Gasteiger partial charge in [-0.2, -0.15) is 0 Å². The topological polar surface area (TPSA) is 50.9 Å². The Hall–Kier alpha value is -1.03. The van der Waals surface area contributed by atoms with Crippen LogP contribution in [0.1, 0.15) is 6.42 Å². The zero-order chi connectivity index (χ0) is 9.68. The van der Waals surface area contributed by atoms with E-state index in [0.717, 1.165) is 23.3 Å². The molecule has 1 rings (SSSR count). The summed E-state index contributed by atoms with van der Waals surface area (Å²) in [7, 11) is 0. The molecule has 0 fully saturated rings. The average molecular weight is 242 g/mol. The second-order valence-corrected chi connectivity index (χ2v) is 3.43. The monoisotopic (exact) mass is 241 g/mol. The van der Waals surface area contributed by atoms with Crippen LogP contribution < -0.4 is 11.1 Å². The smallest absolute Gasteiger partial charge is 0.142 e. The number of halogens is 1. The van der Waals surface area contributed by atoms with Crippen LogP contribution in [0.2, 0.25) is 0 Å². The molecule has 4 heteroatoms. The van der Waals surface area contributed by atoms with E-state index >= 15 is 0 Å². The molecule has 0 unspecified atom stereocenters. The van der Waals surface area contributed by atoms with Gasteiger partial charge in [0, 0.05) is 6.54 Å². The molecule has 0 saturated heterocycles. The van der Waals surface area contributed by atoms with Gasteiger partial charge in [-0.3, -0.25) is 0 Å². The quantitative estimate of drug-likeness (QED) is 0.629. The van der Waals surface area contributed by atoms with Crippen molar-refractivity contribution in [1.29, 1.82) is 0 Å². The standard InChI is InChI=1S/C9H12BrN3/c1-2-3-6-12-9-7(10)4-5-8(11)13-9/h2,4-5H,1,3,6H2,(H3,11,12,13). The number of nitrogens with one attached hydrogen (secondary N) is 1. The van der Waals surface area contributed by atoms with Crippen molar-refractivity contribution in [2.45, 2.75) is 6.42 Å². The van der Waals surface area contributed by atoms with Gasteiger partial charge in [0.05, 0.1) is 4.47 Å². The van der Waals surface area contributed by atoms with Crippen molar-refractivity contribution in [3.8, 4) is 0 Å². The second kappa shape index (κ2) is 4.87. The summed E-state index contributed by atoms with van der Waals surface area (Å²) in [6.07, 6.45) is 2.76. The molecular weight excluding hydrogens is 230 g/mol. The molecule has 13 heavy (non-hydrogen) atoms. The highest BCUT2D eigenvalue weighted by molar-refractivity contribution is 9.10. The molecule has 0 aliphatic heterocycles. The van der Waals surface area contributed by atoms with Crippen molar-refractivity contribution >= 4 is 27.6 Å². The fourth-order valence-corrected chi connectivity index (χ4v) is 1.23. The normalized spacial score (nSPS) is 9.62. The predicted octanol–water partition coefficient (Wildman–Crippen LogP) is 2.41. The third kappa shape index (κ3) is 3.06. The molecule has 3 N–H and O–H groups in total. The Morgan fingerprint density at radius 3 is 3.08 bits per heavy atom. The lowest BCUT2D eigenvalue weighted by atomic mass is 10.4. The number of nitrogen functional groups attached to an aromatic ring is 1. The zero-order valence-corrected chi connectivity index (χ0v) is 8.84. The van der Waals surface area contributed by atoms with E-state index in [1.54, 1.807) is 6.07 Å². The lowest BCUT2D eigenvalue weighted by Gasteiger charge is -2.06. The Balaban J connectivity index is 2.64. The van der Waals surface area contributed by atoms with Crippen LogP contribution in [-0.4, -0.2) is 11.5 Å². The molecule has 0 spiro atoms. The predicted molar refractivity (Wildman–Crippen MR) is 59.7 cm³/mol. The van der Waals surface area contributed by atoms with Gasteiger partial charge in [0.1, 0.15) is 11.6 Å². The van der Waals surface area contributed by atoms with Crippen LogP contribution in [0.3, 0.4) is 0 Å². The van der Waals surface area contributed by atoms with Crippen molar-refractivity contribution in [3.63, 3.8) is 0 Å². The van der Waals surface area contributed by atoms with Crippen molar-refractivity contribution in [2.75, 3.05) is 17.6 Å². The molecule has 70 valence electrons. The Morgan fingerprint density at radius 2 is 2.38 bits per heavy atom. The maximum atomic E-state index is 5.54. The van der Waals surface area contributed by atoms with Crippen LogP contribution in [0.4, 0.5) is 11.6 Å². The highest BCUT2D eigenvalue weighted by Crippen LogP contribution is 2.20. The molecule has 1 heterocycles. The summed E-state index contributed by atoms with van der Waals surface area (Å²) in [6, 6.07) is 3.63. The fourth-order valence-electron chi connectivity index (χ4n) is 0.874. The largest absolute Gasteiger partial charge is 0.384 e. The average Bonchev–Trinajstić information content (AvgIpc) is 2.11. The highest BCUT2D eigenvalue weighted by Gasteiger charge is 1.99. The summed E-state index contributed by atoms with van der Waals surface area (Å²) < 4.78 is 0.922. The van der Waals surface area contributed by atoms with E-state index in [9.17, 15) is 0 Å². The van der Waals surface area contributed by atoms with Gasteiger partial charge in [0.25, 0.3) is 0 Å². The van der Waals surface area contributed by atoms with Gasteiger partial charge in [0.15, 0.2) is 0 Å². The van der Waals surface area contributed by atoms with E-state index in [1.165, 1.54) is 0 Å². The third-order valence-electron chi connectivity index (χ3n) is 1.51. The van der Waals surface area contributed by atoms with Gasteiger partial charge in [-0.25, -0.2) is 4.98 Å². The molecule has 0 aromatic carbocycles. The summed E-state index contributed by atoms with van der Waals surface area (Å²) in [6.45, 7) is 4.45. The zero-order valence-electron chi connectivity index (χ0n) is 7.26. The van der Waals surface area contributed by atoms with Crippen LogP contribution in [0.25, 0.3) is 0 Å². The molecule has 0 atom stereocenters. The van der Waals surface area contributed by atoms with Crippen molar-refractivity contribution in [1.82, 2.24) is 4.98 Å². The fraction of sp³-hybridized carbons (Fsp3) is 0.222. The van der Waals surface area contributed by atoms with Crippen LogP contribution in [0.5, 0.6) is 0 Å². The van der Waals surface area contributed by atoms with Gasteiger partial charge in [-0.1, -0.05) is 6.08 Å². The lowest BCUT2D eigenvalue weighted by molar-refractivity contribution is 1.05. The maximum Gasteiger partial charge on any atom is 0.142 e. The van der Waals surface area contributed by atoms with E-state index in [-0.39, 0.29) is 0 Å². The number of hydrogen-bond donors (Lipinski definition) is 2. The molecular formula is C9H12BrN3. The number of nitrogens with two attached hydrogens (primary N) is 1. The van der Waals surface area contributed by atoms with Gasteiger partial charge < -0.3 is 11.1 Å². The van der Waals surface area contributed by atoms with E-state index in [1.807, 2.05) is 12.1 Å². The maximum absolute atomic E-state index is 5.54. The van der Waals surface area contributed by atoms with Gasteiger partial charge in [-0.05, 0) is 34.5 Å². The lowest BCUT2D eigenvalue weighted by Crippen LogP contribution is -2.04. The number of aromatic nitrogens is 1. The van der Waals surface area contributed by atoms with Crippen LogP contribution >= 0.6 is 15.9 Å². The molecule has 0 amide bonds. The molecule has 1 aromatic heterocycles. The molecule has 0 aliphatic carbocycles. The van der Waals surface area contributed by atoms with Crippen LogP contribution in [0.15, 0.2) is 29.3 Å². The summed E-state index contributed by atoms with van der Waals surface area (Å²) in [5.74, 6) is 1.30. The summed E-state index contributed by atoms with van der Waals surface area (Å²) in [4.78, 5) is 4.13. The Kier molecular flexibility index (Phi) is 3.76. The Labute approximate surface area is 86.2 Å². The first-order valence-electron chi connectivity index (χ1n) is 4.01. The van der Waals surface area contributed by atoms with Crippen molar-refractivity contribution < 1.29 is 0 Å². The van der Waals surface area contributed by atoms with E-state index < -0.39 is 0 Å². The van der Waals surface area contributed by atoms with Crippen LogP contribution in [-0.2, 0) is 0 Å². The summed E-state index contributed by atoms with van der Waals surface area (Å²) >= 11 is 3.38. The minimum atomic E-state index is 0.518. The first kappa shape index (κ1) is 10.1. The van der Waals surface area contributed by atoms with E-state index in [4.69, 9.17) is 5.73 Å². The second-order valence-electron chi connectivity index (χ2n) is 2.57. The summed E-state index contributed by atoms with van der Waals surface area (Å²) in [5, 5.41) is 3.15. The molecule has 0 bridgehead atoms. The Morgan fingerprint density at radius 1 is 1.62 bits per heavy atom. The van der Waals surface area contributed by atoms with Crippen LogP contribution in [0, 0.1) is 0 Å². The van der Waals surface area contributed by atoms with Gasteiger partial charge >= 0.3 is 0 Å². The molecule has 0 aliphatic rings. The minimum Gasteiger partial charge on any atom is -0.384 e. The molecule has 3 nitrogen and oxygen atoms in total. The minimum absolute atomic E-state index is 0.518. The van der Waals surface area contributed by atoms with E-state index in [2.05, 4.69) is 32.8 Å². The highest BCUT2D eigenvalue weighted by atomic mass is 79.9. The molecule has 1 aromatic rings.